The fraction of sp³-hybridized carbons (Fsp3) is 0.0556. The van der Waals surface area contributed by atoms with Crippen LogP contribution in [-0.4, -0.2) is 31.6 Å². The van der Waals surface area contributed by atoms with Crippen LogP contribution in [0.15, 0.2) is 61.3 Å². The average Bonchev–Trinajstić information content (AvgIpc) is 3.06. The first-order valence-electron chi connectivity index (χ1n) is 7.37. The normalized spacial score (nSPS) is 10.9. The second-order valence-electron chi connectivity index (χ2n) is 5.27. The van der Waals surface area contributed by atoms with Crippen molar-refractivity contribution in [2.24, 2.45) is 0 Å². The monoisotopic (exact) mass is 318 g/mol. The van der Waals surface area contributed by atoms with E-state index < -0.39 is 0 Å². The summed E-state index contributed by atoms with van der Waals surface area (Å²) >= 11 is 0. The van der Waals surface area contributed by atoms with Crippen molar-refractivity contribution in [1.82, 2.24) is 19.4 Å². The predicted molar refractivity (Wildman–Crippen MR) is 89.9 cm³/mol. The predicted octanol–water partition coefficient (Wildman–Crippen LogP) is 3.17. The largest absolute Gasteiger partial charge is 0.504 e. The van der Waals surface area contributed by atoms with Gasteiger partial charge in [-0.1, -0.05) is 0 Å². The molecule has 0 amide bonds. The van der Waals surface area contributed by atoms with Gasteiger partial charge in [0.15, 0.2) is 17.1 Å². The second kappa shape index (κ2) is 5.66. The Morgan fingerprint density at radius 1 is 1.04 bits per heavy atom. The molecule has 4 rings (SSSR count). The third-order valence-corrected chi connectivity index (χ3v) is 3.83. The highest BCUT2D eigenvalue weighted by molar-refractivity contribution is 5.68. The summed E-state index contributed by atoms with van der Waals surface area (Å²) in [5, 5.41) is 9.77. The zero-order chi connectivity index (χ0) is 16.5. The van der Waals surface area contributed by atoms with Crippen molar-refractivity contribution in [2.75, 3.05) is 7.11 Å². The number of imidazole rings is 1. The fourth-order valence-corrected chi connectivity index (χ4v) is 2.60. The van der Waals surface area contributed by atoms with Gasteiger partial charge in [-0.2, -0.15) is 0 Å². The number of hydrogen-bond donors (Lipinski definition) is 1. The van der Waals surface area contributed by atoms with Gasteiger partial charge in [0.1, 0.15) is 0 Å². The summed E-state index contributed by atoms with van der Waals surface area (Å²) in [6.45, 7) is 0. The van der Waals surface area contributed by atoms with Gasteiger partial charge in [-0.15, -0.1) is 0 Å². The highest BCUT2D eigenvalue weighted by Crippen LogP contribution is 2.32. The van der Waals surface area contributed by atoms with Gasteiger partial charge in [-0.25, -0.2) is 4.98 Å². The highest BCUT2D eigenvalue weighted by Gasteiger charge is 2.11. The second-order valence-corrected chi connectivity index (χ2v) is 5.27. The molecule has 3 heterocycles. The molecule has 0 unspecified atom stereocenters. The number of aromatic nitrogens is 4. The maximum atomic E-state index is 9.77. The summed E-state index contributed by atoms with van der Waals surface area (Å²) < 4.78 is 7.15. The summed E-state index contributed by atoms with van der Waals surface area (Å²) in [4.78, 5) is 13.0. The molecule has 0 saturated heterocycles. The molecule has 0 aliphatic carbocycles. The number of pyridine rings is 1. The number of fused-ring (bicyclic) bond motifs is 1. The van der Waals surface area contributed by atoms with Gasteiger partial charge in [0, 0.05) is 29.7 Å². The Morgan fingerprint density at radius 3 is 2.75 bits per heavy atom. The first-order chi connectivity index (χ1) is 11.8. The lowest BCUT2D eigenvalue weighted by Gasteiger charge is -2.07. The summed E-state index contributed by atoms with van der Waals surface area (Å²) in [6, 6.07) is 9.05. The van der Waals surface area contributed by atoms with E-state index in [-0.39, 0.29) is 5.75 Å². The number of nitrogens with zero attached hydrogens (tertiary/aromatic N) is 4. The molecular weight excluding hydrogens is 304 g/mol. The van der Waals surface area contributed by atoms with Gasteiger partial charge in [0.2, 0.25) is 0 Å². The number of ether oxygens (including phenoxy) is 1. The van der Waals surface area contributed by atoms with Crippen LogP contribution in [0, 0.1) is 0 Å². The third-order valence-electron chi connectivity index (χ3n) is 3.83. The molecule has 1 N–H and O–H groups in total. The molecule has 0 aliphatic rings. The molecule has 0 spiro atoms. The zero-order valence-electron chi connectivity index (χ0n) is 12.9. The van der Waals surface area contributed by atoms with Crippen molar-refractivity contribution in [3.63, 3.8) is 0 Å². The number of phenols is 1. The molecule has 6 heteroatoms. The van der Waals surface area contributed by atoms with Gasteiger partial charge >= 0.3 is 0 Å². The van der Waals surface area contributed by atoms with Crippen LogP contribution >= 0.6 is 0 Å². The molecule has 24 heavy (non-hydrogen) atoms. The van der Waals surface area contributed by atoms with Crippen LogP contribution in [-0.2, 0) is 0 Å². The number of methoxy groups -OCH3 is 1. The average molecular weight is 318 g/mol. The first kappa shape index (κ1) is 14.2. The van der Waals surface area contributed by atoms with E-state index in [2.05, 4.69) is 15.0 Å². The van der Waals surface area contributed by atoms with E-state index in [0.29, 0.717) is 5.75 Å². The molecule has 0 bridgehead atoms. The molecule has 4 aromatic rings. The van der Waals surface area contributed by atoms with Crippen molar-refractivity contribution in [1.29, 1.82) is 0 Å². The third kappa shape index (κ3) is 2.34. The van der Waals surface area contributed by atoms with Crippen molar-refractivity contribution in [3.05, 3.63) is 61.3 Å². The Balaban J connectivity index is 1.87. The van der Waals surface area contributed by atoms with Crippen LogP contribution in [0.2, 0.25) is 0 Å². The van der Waals surface area contributed by atoms with Gasteiger partial charge in [-0.3, -0.25) is 14.4 Å². The van der Waals surface area contributed by atoms with E-state index in [1.165, 1.54) is 7.11 Å². The molecule has 6 nitrogen and oxygen atoms in total. The van der Waals surface area contributed by atoms with E-state index in [9.17, 15) is 5.11 Å². The lowest BCUT2D eigenvalue weighted by Crippen LogP contribution is -1.93. The van der Waals surface area contributed by atoms with Crippen LogP contribution in [0.3, 0.4) is 0 Å². The maximum absolute atomic E-state index is 9.77. The van der Waals surface area contributed by atoms with Gasteiger partial charge in [0.05, 0.1) is 30.9 Å². The molecule has 1 aromatic carbocycles. The molecule has 0 radical (unpaired) electrons. The Hall–Kier alpha value is -3.41. The molecule has 3 aromatic heterocycles. The van der Waals surface area contributed by atoms with Gasteiger partial charge < -0.3 is 9.84 Å². The minimum atomic E-state index is 0.104. The molecular formula is C18H14N4O2. The van der Waals surface area contributed by atoms with Crippen molar-refractivity contribution >= 4 is 5.65 Å². The van der Waals surface area contributed by atoms with Crippen LogP contribution in [0.1, 0.15) is 0 Å². The quantitative estimate of drug-likeness (QED) is 0.628. The number of benzene rings is 1. The van der Waals surface area contributed by atoms with Gasteiger partial charge in [0.25, 0.3) is 0 Å². The molecule has 0 saturated carbocycles. The van der Waals surface area contributed by atoms with E-state index in [1.54, 1.807) is 36.9 Å². The Bertz CT molecular complexity index is 1010. The zero-order valence-corrected chi connectivity index (χ0v) is 12.9. The lowest BCUT2D eigenvalue weighted by atomic mass is 10.1. The smallest absolute Gasteiger partial charge is 0.161 e. The Labute approximate surface area is 138 Å². The van der Waals surface area contributed by atoms with Crippen LogP contribution in [0.25, 0.3) is 28.2 Å². The molecule has 118 valence electrons. The lowest BCUT2D eigenvalue weighted by molar-refractivity contribution is 0.373. The standard InChI is InChI=1S/C18H14N4O2/c1-24-17-7-12(4-5-16(17)23)15-9-21-18-10-20-14(11-22(15)18)13-3-2-6-19-8-13/h2-11,23H,1H3. The maximum Gasteiger partial charge on any atom is 0.161 e. The summed E-state index contributed by atoms with van der Waals surface area (Å²) in [5.41, 5.74) is 4.25. The van der Waals surface area contributed by atoms with E-state index in [1.807, 2.05) is 28.8 Å². The van der Waals surface area contributed by atoms with Crippen LogP contribution in [0.4, 0.5) is 0 Å². The SMILES string of the molecule is COc1cc(-c2cnc3cnc(-c4cccnc4)cn23)ccc1O. The Kier molecular flexibility index (Phi) is 3.35. The van der Waals surface area contributed by atoms with Crippen molar-refractivity contribution in [2.45, 2.75) is 0 Å². The van der Waals surface area contributed by atoms with E-state index in [4.69, 9.17) is 4.74 Å². The van der Waals surface area contributed by atoms with Crippen molar-refractivity contribution in [3.8, 4) is 34.0 Å². The minimum Gasteiger partial charge on any atom is -0.504 e. The van der Waals surface area contributed by atoms with Crippen LogP contribution < -0.4 is 4.74 Å². The van der Waals surface area contributed by atoms with Crippen LogP contribution in [0.5, 0.6) is 11.5 Å². The number of hydrogen-bond acceptors (Lipinski definition) is 5. The summed E-state index contributed by atoms with van der Waals surface area (Å²) in [6.07, 6.45) is 8.93. The number of aromatic hydroxyl groups is 1. The van der Waals surface area contributed by atoms with E-state index >= 15 is 0 Å². The topological polar surface area (TPSA) is 72.5 Å². The molecule has 0 atom stereocenters. The molecule has 0 aliphatic heterocycles. The van der Waals surface area contributed by atoms with Gasteiger partial charge in [-0.05, 0) is 30.3 Å². The number of rotatable bonds is 3. The first-order valence-corrected chi connectivity index (χ1v) is 7.37. The van der Waals surface area contributed by atoms with Crippen molar-refractivity contribution < 1.29 is 9.84 Å². The van der Waals surface area contributed by atoms with E-state index in [0.717, 1.165) is 28.2 Å². The fourth-order valence-electron chi connectivity index (χ4n) is 2.60. The summed E-state index contributed by atoms with van der Waals surface area (Å²) in [5.74, 6) is 0.525. The Morgan fingerprint density at radius 2 is 1.96 bits per heavy atom. The molecule has 0 fully saturated rings. The highest BCUT2D eigenvalue weighted by atomic mass is 16.5. The minimum absolute atomic E-state index is 0.104. The number of phenolic OH excluding ortho intramolecular Hbond substituents is 1. The summed E-state index contributed by atoms with van der Waals surface area (Å²) in [7, 11) is 1.53.